The van der Waals surface area contributed by atoms with Gasteiger partial charge in [0.1, 0.15) is 11.5 Å². The molecule has 0 radical (unpaired) electrons. The van der Waals surface area contributed by atoms with Gasteiger partial charge in [-0.2, -0.15) is 11.8 Å². The van der Waals surface area contributed by atoms with Crippen molar-refractivity contribution in [1.82, 2.24) is 0 Å². The lowest BCUT2D eigenvalue weighted by Gasteiger charge is -2.13. The third-order valence-corrected chi connectivity index (χ3v) is 8.46. The fourth-order valence-electron chi connectivity index (χ4n) is 4.36. The Morgan fingerprint density at radius 1 is 0.722 bits per heavy atom. The van der Waals surface area contributed by atoms with Gasteiger partial charge in [0.25, 0.3) is 0 Å². The van der Waals surface area contributed by atoms with Gasteiger partial charge in [-0.05, 0) is 86.4 Å². The minimum atomic E-state index is -0.151. The summed E-state index contributed by atoms with van der Waals surface area (Å²) in [5.41, 5.74) is 3.69. The van der Waals surface area contributed by atoms with Crippen molar-refractivity contribution in [2.75, 3.05) is 11.5 Å². The number of esters is 1. The molecule has 0 aliphatic carbocycles. The Morgan fingerprint density at radius 3 is 1.72 bits per heavy atom. The van der Waals surface area contributed by atoms with Crippen LogP contribution in [0.5, 0.6) is 11.5 Å². The number of hydrogen-bond acceptors (Lipinski definition) is 5. The van der Waals surface area contributed by atoms with E-state index in [-0.39, 0.29) is 5.97 Å². The zero-order chi connectivity index (χ0) is 26.3. The van der Waals surface area contributed by atoms with Crippen molar-refractivity contribution in [3.63, 3.8) is 0 Å². The van der Waals surface area contributed by atoms with Crippen LogP contribution in [-0.4, -0.2) is 22.6 Å². The Bertz CT molecular complexity index is 909. The fraction of sp³-hybridized carbons (Fsp3) is 0.581. The summed E-state index contributed by atoms with van der Waals surface area (Å²) in [7, 11) is 0. The first-order valence-corrected chi connectivity index (χ1v) is 15.7. The van der Waals surface area contributed by atoms with Crippen LogP contribution in [0.3, 0.4) is 0 Å². The van der Waals surface area contributed by atoms with Crippen LogP contribution in [0, 0.1) is 27.7 Å². The molecule has 3 nitrogen and oxygen atoms in total. The Balaban J connectivity index is 1.66. The predicted octanol–water partition coefficient (Wildman–Crippen LogP) is 9.73. The number of phenols is 1. The lowest BCUT2D eigenvalue weighted by Crippen LogP contribution is -2.11. The van der Waals surface area contributed by atoms with E-state index < -0.39 is 0 Å². The number of rotatable bonds is 17. The van der Waals surface area contributed by atoms with E-state index in [0.29, 0.717) is 17.9 Å². The highest BCUT2D eigenvalue weighted by atomic mass is 32.2. The Labute approximate surface area is 228 Å². The van der Waals surface area contributed by atoms with E-state index in [4.69, 9.17) is 4.74 Å². The molecular weight excluding hydrogens is 484 g/mol. The summed E-state index contributed by atoms with van der Waals surface area (Å²) in [6, 6.07) is 8.13. The first-order valence-electron chi connectivity index (χ1n) is 13.7. The van der Waals surface area contributed by atoms with Crippen LogP contribution >= 0.6 is 23.5 Å². The van der Waals surface area contributed by atoms with Crippen LogP contribution in [0.2, 0.25) is 0 Å². The van der Waals surface area contributed by atoms with Crippen molar-refractivity contribution in [2.24, 2.45) is 0 Å². The number of carbonyl (C=O) groups is 1. The standard InChI is InChI=1S/C31H46O3S2/c1-6-7-8-9-10-11-12-13-14-15-17-35-18-16-29(32)34-31-25(4)21-28(22-26(31)5)36-27-19-23(2)30(33)24(3)20-27/h19-22,33H,6-18H2,1-5H3. The second-order valence-electron chi connectivity index (χ2n) is 9.91. The van der Waals surface area contributed by atoms with Crippen LogP contribution in [0.15, 0.2) is 34.1 Å². The van der Waals surface area contributed by atoms with Gasteiger partial charge in [0, 0.05) is 15.5 Å². The molecule has 2 rings (SSSR count). The topological polar surface area (TPSA) is 46.5 Å². The number of aryl methyl sites for hydroxylation is 4. The number of thioether (sulfide) groups is 1. The number of ether oxygens (including phenoxy) is 1. The zero-order valence-corrected chi connectivity index (χ0v) is 24.7. The Kier molecular flexibility index (Phi) is 14.5. The van der Waals surface area contributed by atoms with Gasteiger partial charge in [-0.1, -0.05) is 76.5 Å². The van der Waals surface area contributed by atoms with E-state index in [1.165, 1.54) is 64.2 Å². The minimum Gasteiger partial charge on any atom is -0.507 e. The summed E-state index contributed by atoms with van der Waals surface area (Å²) in [4.78, 5) is 14.6. The molecule has 0 saturated carbocycles. The zero-order valence-electron chi connectivity index (χ0n) is 23.1. The van der Waals surface area contributed by atoms with Crippen molar-refractivity contribution in [1.29, 1.82) is 0 Å². The summed E-state index contributed by atoms with van der Waals surface area (Å²) in [6.07, 6.45) is 14.0. The molecule has 36 heavy (non-hydrogen) atoms. The lowest BCUT2D eigenvalue weighted by atomic mass is 10.1. The minimum absolute atomic E-state index is 0.151. The van der Waals surface area contributed by atoms with Gasteiger partial charge in [-0.3, -0.25) is 4.79 Å². The SMILES string of the molecule is CCCCCCCCCCCCSCCC(=O)Oc1c(C)cc(Sc2cc(C)c(O)c(C)c2)cc1C. The fourth-order valence-corrected chi connectivity index (χ4v) is 6.49. The molecular formula is C31H46O3S2. The molecule has 0 spiro atoms. The molecule has 0 aromatic heterocycles. The summed E-state index contributed by atoms with van der Waals surface area (Å²) in [6.45, 7) is 10.1. The normalized spacial score (nSPS) is 11.1. The second kappa shape index (κ2) is 17.0. The average molecular weight is 531 g/mol. The molecule has 0 aliphatic rings. The molecule has 0 atom stereocenters. The number of aromatic hydroxyl groups is 1. The van der Waals surface area contributed by atoms with E-state index in [0.717, 1.165) is 43.6 Å². The third-order valence-electron chi connectivity index (χ3n) is 6.44. The molecule has 0 bridgehead atoms. The van der Waals surface area contributed by atoms with E-state index in [9.17, 15) is 9.90 Å². The molecule has 2 aromatic carbocycles. The molecule has 0 unspecified atom stereocenters. The summed E-state index contributed by atoms with van der Waals surface area (Å²) in [5.74, 6) is 2.84. The van der Waals surface area contributed by atoms with Crippen LogP contribution in [0.4, 0.5) is 0 Å². The van der Waals surface area contributed by atoms with Gasteiger partial charge in [0.05, 0.1) is 6.42 Å². The van der Waals surface area contributed by atoms with E-state index in [1.807, 2.05) is 51.6 Å². The first kappa shape index (κ1) is 30.6. The maximum Gasteiger partial charge on any atom is 0.312 e. The summed E-state index contributed by atoms with van der Waals surface area (Å²) >= 11 is 3.52. The maximum atomic E-state index is 12.4. The van der Waals surface area contributed by atoms with Gasteiger partial charge in [0.2, 0.25) is 0 Å². The van der Waals surface area contributed by atoms with Crippen LogP contribution in [0.1, 0.15) is 99.8 Å². The monoisotopic (exact) mass is 530 g/mol. The van der Waals surface area contributed by atoms with E-state index in [2.05, 4.69) is 19.1 Å². The molecule has 5 heteroatoms. The third kappa shape index (κ3) is 11.2. The molecule has 0 heterocycles. The molecule has 2 aromatic rings. The molecule has 200 valence electrons. The molecule has 0 fully saturated rings. The number of carbonyl (C=O) groups excluding carboxylic acids is 1. The highest BCUT2D eigenvalue weighted by Gasteiger charge is 2.13. The van der Waals surface area contributed by atoms with Gasteiger partial charge < -0.3 is 9.84 Å². The Hall–Kier alpha value is -1.59. The quantitative estimate of drug-likeness (QED) is 0.125. The summed E-state index contributed by atoms with van der Waals surface area (Å²) in [5, 5.41) is 10.0. The molecule has 0 aliphatic heterocycles. The highest BCUT2D eigenvalue weighted by molar-refractivity contribution is 7.99. The highest BCUT2D eigenvalue weighted by Crippen LogP contribution is 2.36. The number of phenolic OH excluding ortho intramolecular Hbond substituents is 1. The lowest BCUT2D eigenvalue weighted by molar-refractivity contribution is -0.134. The molecule has 0 amide bonds. The average Bonchev–Trinajstić information content (AvgIpc) is 2.83. The van der Waals surface area contributed by atoms with Crippen LogP contribution in [0.25, 0.3) is 0 Å². The van der Waals surface area contributed by atoms with E-state index >= 15 is 0 Å². The number of benzene rings is 2. The number of hydrogen-bond donors (Lipinski definition) is 1. The van der Waals surface area contributed by atoms with Crippen LogP contribution < -0.4 is 4.74 Å². The Morgan fingerprint density at radius 2 is 1.19 bits per heavy atom. The smallest absolute Gasteiger partial charge is 0.312 e. The second-order valence-corrected chi connectivity index (χ2v) is 12.3. The van der Waals surface area contributed by atoms with Gasteiger partial charge in [-0.15, -0.1) is 0 Å². The van der Waals surface area contributed by atoms with Gasteiger partial charge >= 0.3 is 5.97 Å². The largest absolute Gasteiger partial charge is 0.507 e. The molecule has 0 saturated heterocycles. The van der Waals surface area contributed by atoms with Crippen molar-refractivity contribution in [2.45, 2.75) is 115 Å². The number of unbranched alkanes of at least 4 members (excludes halogenated alkanes) is 9. The van der Waals surface area contributed by atoms with Crippen molar-refractivity contribution in [3.8, 4) is 11.5 Å². The van der Waals surface area contributed by atoms with Crippen molar-refractivity contribution in [3.05, 3.63) is 46.5 Å². The van der Waals surface area contributed by atoms with Gasteiger partial charge in [-0.25, -0.2) is 0 Å². The van der Waals surface area contributed by atoms with E-state index in [1.54, 1.807) is 11.8 Å². The van der Waals surface area contributed by atoms with Crippen molar-refractivity contribution < 1.29 is 14.6 Å². The van der Waals surface area contributed by atoms with Gasteiger partial charge in [0.15, 0.2) is 0 Å². The van der Waals surface area contributed by atoms with Crippen molar-refractivity contribution >= 4 is 29.5 Å². The maximum absolute atomic E-state index is 12.4. The summed E-state index contributed by atoms with van der Waals surface area (Å²) < 4.78 is 5.75. The molecule has 1 N–H and O–H groups in total. The predicted molar refractivity (Wildman–Crippen MR) is 157 cm³/mol. The first-order chi connectivity index (χ1) is 17.3. The van der Waals surface area contributed by atoms with Crippen LogP contribution in [-0.2, 0) is 4.79 Å².